The molecule has 2 heterocycles. The number of carbonyl (C=O) groups excluding carboxylic acids is 1. The fraction of sp³-hybridized carbons (Fsp3) is 0.550. The Balaban J connectivity index is 1.55. The second kappa shape index (κ2) is 9.82. The Labute approximate surface area is 168 Å². The highest BCUT2D eigenvalue weighted by Crippen LogP contribution is 2.29. The third kappa shape index (κ3) is 5.53. The van der Waals surface area contributed by atoms with Crippen molar-refractivity contribution in [2.24, 2.45) is 5.92 Å². The van der Waals surface area contributed by atoms with Crippen LogP contribution in [0.4, 0.5) is 0 Å². The zero-order valence-electron chi connectivity index (χ0n) is 16.0. The van der Waals surface area contributed by atoms with Crippen LogP contribution in [-0.4, -0.2) is 77.6 Å². The van der Waals surface area contributed by atoms with Crippen LogP contribution in [-0.2, 0) is 30.3 Å². The Morgan fingerprint density at radius 1 is 1.14 bits per heavy atom. The van der Waals surface area contributed by atoms with Gasteiger partial charge in [0.2, 0.25) is 5.91 Å². The van der Waals surface area contributed by atoms with Gasteiger partial charge in [0.1, 0.15) is 12.1 Å². The van der Waals surface area contributed by atoms with Crippen molar-refractivity contribution < 1.29 is 34.1 Å². The van der Waals surface area contributed by atoms with E-state index >= 15 is 0 Å². The first-order chi connectivity index (χ1) is 14.0. The summed E-state index contributed by atoms with van der Waals surface area (Å²) < 4.78 is 10.9. The number of carbonyl (C=O) groups is 3. The molecule has 1 aromatic rings. The van der Waals surface area contributed by atoms with Gasteiger partial charge in [0.05, 0.1) is 19.8 Å². The lowest BCUT2D eigenvalue weighted by Crippen LogP contribution is -2.48. The van der Waals surface area contributed by atoms with E-state index < -0.39 is 36.2 Å². The van der Waals surface area contributed by atoms with Crippen LogP contribution in [0.25, 0.3) is 0 Å². The molecule has 3 rings (SSSR count). The van der Waals surface area contributed by atoms with Crippen LogP contribution in [0.15, 0.2) is 30.3 Å². The summed E-state index contributed by atoms with van der Waals surface area (Å²) in [7, 11) is 0. The first-order valence-electron chi connectivity index (χ1n) is 9.71. The number of nitrogens with one attached hydrogen (secondary N) is 1. The number of aliphatic carboxylic acids is 2. The molecule has 0 bridgehead atoms. The third-order valence-electron chi connectivity index (χ3n) is 5.33. The number of aryl methyl sites for hydroxylation is 1. The number of likely N-dealkylation sites (tertiary alicyclic amines) is 1. The van der Waals surface area contributed by atoms with Crippen molar-refractivity contribution >= 4 is 17.8 Å². The summed E-state index contributed by atoms with van der Waals surface area (Å²) in [6, 6.07) is 7.62. The lowest BCUT2D eigenvalue weighted by molar-refractivity contribution is -0.148. The van der Waals surface area contributed by atoms with Crippen molar-refractivity contribution in [3.8, 4) is 0 Å². The minimum absolute atomic E-state index is 0.212. The normalized spacial score (nSPS) is 23.2. The summed E-state index contributed by atoms with van der Waals surface area (Å²) in [6.45, 7) is 0.880. The summed E-state index contributed by atoms with van der Waals surface area (Å²) in [6.07, 6.45) is 0.628. The second-order valence-corrected chi connectivity index (χ2v) is 7.30. The molecule has 2 unspecified atom stereocenters. The van der Waals surface area contributed by atoms with Crippen molar-refractivity contribution in [1.82, 2.24) is 10.2 Å². The van der Waals surface area contributed by atoms with Gasteiger partial charge in [-0.15, -0.1) is 0 Å². The van der Waals surface area contributed by atoms with Crippen LogP contribution in [0.1, 0.15) is 18.4 Å². The lowest BCUT2D eigenvalue weighted by atomic mass is 10.1. The molecule has 9 nitrogen and oxygen atoms in total. The molecule has 0 aliphatic carbocycles. The fourth-order valence-electron chi connectivity index (χ4n) is 3.80. The number of hydrogen-bond acceptors (Lipinski definition) is 6. The minimum atomic E-state index is -1.09. The van der Waals surface area contributed by atoms with Crippen LogP contribution >= 0.6 is 0 Å². The van der Waals surface area contributed by atoms with E-state index in [4.69, 9.17) is 9.47 Å². The van der Waals surface area contributed by atoms with Crippen molar-refractivity contribution in [1.29, 1.82) is 0 Å². The smallest absolute Gasteiger partial charge is 0.326 e. The highest BCUT2D eigenvalue weighted by atomic mass is 16.7. The molecule has 2 saturated heterocycles. The standard InChI is InChI=1S/C20H26N2O7/c23-17(11-21-15(18(24)25)7-6-13-4-2-1-3-5-13)22-12-14(10-16(22)19(26)27)20-28-8-9-29-20/h1-5,14-16,20-21H,6-12H2,(H,24,25)(H,26,27)/t14?,15?,16-/m0/s1. The van der Waals surface area contributed by atoms with E-state index in [0.29, 0.717) is 26.1 Å². The number of rotatable bonds is 9. The van der Waals surface area contributed by atoms with Crippen LogP contribution < -0.4 is 5.32 Å². The largest absolute Gasteiger partial charge is 0.480 e. The number of benzene rings is 1. The topological polar surface area (TPSA) is 125 Å². The Hall–Kier alpha value is -2.49. The molecule has 1 aromatic carbocycles. The van der Waals surface area contributed by atoms with Gasteiger partial charge in [0.15, 0.2) is 6.29 Å². The van der Waals surface area contributed by atoms with Gasteiger partial charge in [0.25, 0.3) is 0 Å². The summed E-state index contributed by atoms with van der Waals surface area (Å²) >= 11 is 0. The Morgan fingerprint density at radius 2 is 1.83 bits per heavy atom. The lowest BCUT2D eigenvalue weighted by Gasteiger charge is -2.23. The molecule has 158 valence electrons. The van der Waals surface area contributed by atoms with Crippen LogP contribution in [0.5, 0.6) is 0 Å². The molecule has 0 aromatic heterocycles. The Morgan fingerprint density at radius 3 is 2.45 bits per heavy atom. The predicted octanol–water partition coefficient (Wildman–Crippen LogP) is 0.337. The Bertz CT molecular complexity index is 721. The molecule has 2 aliphatic rings. The summed E-state index contributed by atoms with van der Waals surface area (Å²) in [5.41, 5.74) is 1.01. The molecule has 3 N–H and O–H groups in total. The number of hydrogen-bond donors (Lipinski definition) is 3. The first-order valence-corrected chi connectivity index (χ1v) is 9.71. The van der Waals surface area contributed by atoms with Crippen LogP contribution in [0.3, 0.4) is 0 Å². The van der Waals surface area contributed by atoms with Crippen molar-refractivity contribution in [2.45, 2.75) is 37.6 Å². The highest BCUT2D eigenvalue weighted by molar-refractivity contribution is 5.86. The highest BCUT2D eigenvalue weighted by Gasteiger charge is 2.44. The average Bonchev–Trinajstić information content (AvgIpc) is 3.38. The van der Waals surface area contributed by atoms with Crippen molar-refractivity contribution in [3.63, 3.8) is 0 Å². The summed E-state index contributed by atoms with van der Waals surface area (Å²) in [4.78, 5) is 37.1. The van der Waals surface area contributed by atoms with Crippen molar-refractivity contribution in [3.05, 3.63) is 35.9 Å². The van der Waals surface area contributed by atoms with Gasteiger partial charge in [0, 0.05) is 12.5 Å². The fourth-order valence-corrected chi connectivity index (χ4v) is 3.80. The van der Waals surface area contributed by atoms with E-state index in [2.05, 4.69) is 5.32 Å². The van der Waals surface area contributed by atoms with Gasteiger partial charge in [-0.2, -0.15) is 0 Å². The molecule has 0 radical (unpaired) electrons. The molecule has 9 heteroatoms. The zero-order chi connectivity index (χ0) is 20.8. The molecule has 3 atom stereocenters. The van der Waals surface area contributed by atoms with E-state index in [1.807, 2.05) is 30.3 Å². The maximum Gasteiger partial charge on any atom is 0.326 e. The van der Waals surface area contributed by atoms with Gasteiger partial charge in [-0.3, -0.25) is 14.9 Å². The van der Waals surface area contributed by atoms with E-state index in [9.17, 15) is 24.6 Å². The zero-order valence-corrected chi connectivity index (χ0v) is 16.0. The van der Waals surface area contributed by atoms with E-state index in [0.717, 1.165) is 5.56 Å². The first kappa shape index (κ1) is 21.2. The molecule has 0 spiro atoms. The van der Waals surface area contributed by atoms with Crippen LogP contribution in [0.2, 0.25) is 0 Å². The number of carboxylic acid groups (broad SMARTS) is 2. The maximum absolute atomic E-state index is 12.6. The van der Waals surface area contributed by atoms with E-state index in [1.165, 1.54) is 4.90 Å². The molecule has 2 aliphatic heterocycles. The number of nitrogens with zero attached hydrogens (tertiary/aromatic N) is 1. The predicted molar refractivity (Wildman–Crippen MR) is 101 cm³/mol. The average molecular weight is 406 g/mol. The second-order valence-electron chi connectivity index (χ2n) is 7.30. The van der Waals surface area contributed by atoms with Crippen LogP contribution in [0, 0.1) is 5.92 Å². The number of amides is 1. The van der Waals surface area contributed by atoms with Crippen molar-refractivity contribution in [2.75, 3.05) is 26.3 Å². The number of carboxylic acids is 2. The monoisotopic (exact) mass is 406 g/mol. The Kier molecular flexibility index (Phi) is 7.18. The van der Waals surface area contributed by atoms with Gasteiger partial charge >= 0.3 is 11.9 Å². The molecular formula is C20H26N2O7. The minimum Gasteiger partial charge on any atom is -0.480 e. The molecule has 1 amide bonds. The maximum atomic E-state index is 12.6. The van der Waals surface area contributed by atoms with Gasteiger partial charge in [-0.1, -0.05) is 30.3 Å². The molecule has 29 heavy (non-hydrogen) atoms. The number of ether oxygens (including phenoxy) is 2. The van der Waals surface area contributed by atoms with E-state index in [-0.39, 0.29) is 25.4 Å². The SMILES string of the molecule is O=C(O)C(CCc1ccccc1)NCC(=O)N1CC(C2OCCO2)C[C@H]1C(=O)O. The molecular weight excluding hydrogens is 380 g/mol. The summed E-state index contributed by atoms with van der Waals surface area (Å²) in [5.74, 6) is -2.78. The molecule has 2 fully saturated rings. The van der Waals surface area contributed by atoms with E-state index in [1.54, 1.807) is 0 Å². The quantitative estimate of drug-likeness (QED) is 0.536. The third-order valence-corrected chi connectivity index (χ3v) is 5.33. The van der Waals surface area contributed by atoms with Gasteiger partial charge < -0.3 is 24.6 Å². The summed E-state index contributed by atoms with van der Waals surface area (Å²) in [5, 5.41) is 21.7. The van der Waals surface area contributed by atoms with Gasteiger partial charge in [-0.25, -0.2) is 4.79 Å². The molecule has 0 saturated carbocycles. The van der Waals surface area contributed by atoms with Gasteiger partial charge in [-0.05, 0) is 24.8 Å².